The van der Waals surface area contributed by atoms with E-state index in [1.807, 2.05) is 12.4 Å². The van der Waals surface area contributed by atoms with Gasteiger partial charge in [0.25, 0.3) is 0 Å². The van der Waals surface area contributed by atoms with Crippen LogP contribution in [0, 0.1) is 5.41 Å². The van der Waals surface area contributed by atoms with Crippen LogP contribution in [-0.2, 0) is 6.42 Å². The Balaban J connectivity index is 1.64. The van der Waals surface area contributed by atoms with Crippen LogP contribution in [0.15, 0.2) is 30.6 Å². The lowest BCUT2D eigenvalue weighted by Crippen LogP contribution is -2.46. The van der Waals surface area contributed by atoms with Crippen molar-refractivity contribution in [3.8, 4) is 17.0 Å². The summed E-state index contributed by atoms with van der Waals surface area (Å²) in [6.07, 6.45) is 10.9. The van der Waals surface area contributed by atoms with Gasteiger partial charge in [-0.3, -0.25) is 4.98 Å². The number of aromatic nitrogens is 2. The van der Waals surface area contributed by atoms with Gasteiger partial charge in [0.2, 0.25) is 0 Å². The smallest absolute Gasteiger partial charge is 0.149 e. The number of fused-ring (bicyclic) bond motifs is 1. The molecule has 0 bridgehead atoms. The van der Waals surface area contributed by atoms with Crippen LogP contribution in [0.1, 0.15) is 63.1 Å². The van der Waals surface area contributed by atoms with Crippen molar-refractivity contribution in [3.05, 3.63) is 41.9 Å². The normalized spacial score (nSPS) is 25.5. The Morgan fingerprint density at radius 2 is 1.88 bits per heavy atom. The molecule has 2 fully saturated rings. The molecule has 2 aromatic heterocycles. The fourth-order valence-corrected chi connectivity index (χ4v) is 4.32. The van der Waals surface area contributed by atoms with E-state index in [0.29, 0.717) is 11.3 Å². The molecule has 3 aliphatic rings. The highest BCUT2D eigenvalue weighted by molar-refractivity contribution is 5.69. The van der Waals surface area contributed by atoms with E-state index >= 15 is 0 Å². The Bertz CT molecular complexity index is 793. The first-order valence-electron chi connectivity index (χ1n) is 9.20. The molecule has 124 valence electrons. The second-order valence-electron chi connectivity index (χ2n) is 8.50. The van der Waals surface area contributed by atoms with Gasteiger partial charge < -0.3 is 4.74 Å². The highest BCUT2D eigenvalue weighted by atomic mass is 16.5. The molecular formula is C21H24N2O. The minimum atomic E-state index is 0.0941. The van der Waals surface area contributed by atoms with E-state index in [9.17, 15) is 0 Å². The maximum Gasteiger partial charge on any atom is 0.149 e. The van der Waals surface area contributed by atoms with E-state index in [1.54, 1.807) is 0 Å². The van der Waals surface area contributed by atoms with E-state index in [4.69, 9.17) is 9.72 Å². The topological polar surface area (TPSA) is 35.0 Å². The summed E-state index contributed by atoms with van der Waals surface area (Å²) in [7, 11) is 0. The Kier molecular flexibility index (Phi) is 2.89. The van der Waals surface area contributed by atoms with Gasteiger partial charge in [-0.15, -0.1) is 0 Å². The van der Waals surface area contributed by atoms with Gasteiger partial charge >= 0.3 is 0 Å². The van der Waals surface area contributed by atoms with E-state index in [0.717, 1.165) is 29.8 Å². The van der Waals surface area contributed by atoms with Crippen molar-refractivity contribution in [3.63, 3.8) is 0 Å². The quantitative estimate of drug-likeness (QED) is 0.789. The van der Waals surface area contributed by atoms with Gasteiger partial charge in [-0.05, 0) is 67.7 Å². The number of hydrogen-bond acceptors (Lipinski definition) is 3. The first-order chi connectivity index (χ1) is 11.6. The maximum absolute atomic E-state index is 6.57. The lowest BCUT2D eigenvalue weighted by atomic mass is 9.74. The molecule has 5 rings (SSSR count). The summed E-state index contributed by atoms with van der Waals surface area (Å²) in [5.41, 5.74) is 5.24. The van der Waals surface area contributed by atoms with Crippen molar-refractivity contribution in [2.45, 2.75) is 63.9 Å². The summed E-state index contributed by atoms with van der Waals surface area (Å²) in [5.74, 6) is 1.62. The molecule has 0 amide bonds. The second kappa shape index (κ2) is 4.81. The van der Waals surface area contributed by atoms with Crippen molar-refractivity contribution in [2.24, 2.45) is 5.41 Å². The van der Waals surface area contributed by atoms with Gasteiger partial charge in [-0.2, -0.15) is 0 Å². The third-order valence-electron chi connectivity index (χ3n) is 6.33. The Morgan fingerprint density at radius 1 is 1.12 bits per heavy atom. The molecule has 0 N–H and O–H groups in total. The molecule has 3 heteroatoms. The lowest BCUT2D eigenvalue weighted by molar-refractivity contribution is -0.0247. The highest BCUT2D eigenvalue weighted by Gasteiger charge is 2.49. The number of rotatable bonds is 2. The average molecular weight is 320 g/mol. The molecule has 0 saturated heterocycles. The largest absolute Gasteiger partial charge is 0.485 e. The molecule has 0 aromatic carbocycles. The highest BCUT2D eigenvalue weighted by Crippen LogP contribution is 2.59. The zero-order valence-corrected chi connectivity index (χ0v) is 14.5. The van der Waals surface area contributed by atoms with Crippen LogP contribution in [0.4, 0.5) is 0 Å². The van der Waals surface area contributed by atoms with Crippen molar-refractivity contribution in [1.29, 1.82) is 0 Å². The first-order valence-corrected chi connectivity index (χ1v) is 9.20. The van der Waals surface area contributed by atoms with Crippen LogP contribution in [0.2, 0.25) is 0 Å². The molecule has 24 heavy (non-hydrogen) atoms. The van der Waals surface area contributed by atoms with Crippen LogP contribution >= 0.6 is 0 Å². The van der Waals surface area contributed by atoms with E-state index in [2.05, 4.69) is 37.0 Å². The van der Waals surface area contributed by atoms with Gasteiger partial charge in [0, 0.05) is 29.6 Å². The van der Waals surface area contributed by atoms with Gasteiger partial charge in [-0.25, -0.2) is 4.98 Å². The summed E-state index contributed by atoms with van der Waals surface area (Å²) in [4.78, 5) is 9.25. The van der Waals surface area contributed by atoms with E-state index in [1.165, 1.54) is 36.9 Å². The Hall–Kier alpha value is -1.90. The minimum absolute atomic E-state index is 0.0941. The summed E-state index contributed by atoms with van der Waals surface area (Å²) in [6, 6.07) is 6.43. The predicted octanol–water partition coefficient (Wildman–Crippen LogP) is 4.90. The zero-order valence-electron chi connectivity index (χ0n) is 14.5. The van der Waals surface area contributed by atoms with E-state index in [-0.39, 0.29) is 5.60 Å². The third-order valence-corrected chi connectivity index (χ3v) is 6.33. The van der Waals surface area contributed by atoms with Gasteiger partial charge in [-0.1, -0.05) is 13.8 Å². The summed E-state index contributed by atoms with van der Waals surface area (Å²) in [5, 5.41) is 0. The monoisotopic (exact) mass is 320 g/mol. The number of hydrogen-bond donors (Lipinski definition) is 0. The van der Waals surface area contributed by atoms with Gasteiger partial charge in [0.15, 0.2) is 0 Å². The van der Waals surface area contributed by atoms with Crippen molar-refractivity contribution in [2.75, 3.05) is 0 Å². The van der Waals surface area contributed by atoms with Gasteiger partial charge in [0.05, 0.1) is 0 Å². The SMILES string of the molecule is CC1(C)C[C@H]1c1cc2c(c(-c3ccncc3)n1)OC1(CCC1)CC2. The molecule has 0 radical (unpaired) electrons. The molecule has 1 spiro atoms. The maximum atomic E-state index is 6.57. The molecule has 2 aliphatic carbocycles. The van der Waals surface area contributed by atoms with E-state index < -0.39 is 0 Å². The zero-order chi connectivity index (χ0) is 16.4. The van der Waals surface area contributed by atoms with Crippen LogP contribution < -0.4 is 4.74 Å². The summed E-state index contributed by atoms with van der Waals surface area (Å²) < 4.78 is 6.57. The Morgan fingerprint density at radius 3 is 2.50 bits per heavy atom. The molecule has 2 aromatic rings. The van der Waals surface area contributed by atoms with Crippen molar-refractivity contribution >= 4 is 0 Å². The molecule has 0 unspecified atom stereocenters. The second-order valence-corrected chi connectivity index (χ2v) is 8.50. The number of ether oxygens (including phenoxy) is 1. The minimum Gasteiger partial charge on any atom is -0.485 e. The summed E-state index contributed by atoms with van der Waals surface area (Å²) >= 11 is 0. The van der Waals surface area contributed by atoms with Crippen LogP contribution in [-0.4, -0.2) is 15.6 Å². The fourth-order valence-electron chi connectivity index (χ4n) is 4.32. The van der Waals surface area contributed by atoms with Crippen LogP contribution in [0.5, 0.6) is 5.75 Å². The van der Waals surface area contributed by atoms with Crippen molar-refractivity contribution in [1.82, 2.24) is 9.97 Å². The molecular weight excluding hydrogens is 296 g/mol. The standard InChI is InChI=1S/C21H24N2O/c1-20(2)13-16(20)17-12-15-4-9-21(7-3-8-21)24-19(15)18(23-17)14-5-10-22-11-6-14/h5-6,10-12,16H,3-4,7-9,13H2,1-2H3/t16-/m0/s1. The molecule has 1 aliphatic heterocycles. The lowest BCUT2D eigenvalue weighted by Gasteiger charge is -2.45. The van der Waals surface area contributed by atoms with Crippen LogP contribution in [0.3, 0.4) is 0 Å². The predicted molar refractivity (Wildman–Crippen MR) is 94.1 cm³/mol. The first kappa shape index (κ1) is 14.4. The number of pyridine rings is 2. The molecule has 3 nitrogen and oxygen atoms in total. The molecule has 2 saturated carbocycles. The third kappa shape index (κ3) is 2.17. The van der Waals surface area contributed by atoms with Gasteiger partial charge in [0.1, 0.15) is 17.0 Å². The fraction of sp³-hybridized carbons (Fsp3) is 0.524. The average Bonchev–Trinajstić information content (AvgIpc) is 3.21. The summed E-state index contributed by atoms with van der Waals surface area (Å²) in [6.45, 7) is 4.68. The molecule has 3 heterocycles. The van der Waals surface area contributed by atoms with Crippen LogP contribution in [0.25, 0.3) is 11.3 Å². The Labute approximate surface area is 143 Å². The molecule has 1 atom stereocenters. The number of nitrogens with zero attached hydrogens (tertiary/aromatic N) is 2. The number of aryl methyl sites for hydroxylation is 1. The van der Waals surface area contributed by atoms with Crippen molar-refractivity contribution < 1.29 is 4.74 Å².